The van der Waals surface area contributed by atoms with Gasteiger partial charge in [0.05, 0.1) is 7.11 Å². The highest BCUT2D eigenvalue weighted by molar-refractivity contribution is 5.83. The van der Waals surface area contributed by atoms with Crippen molar-refractivity contribution in [1.82, 2.24) is 10.6 Å². The molecule has 0 bridgehead atoms. The van der Waals surface area contributed by atoms with E-state index in [9.17, 15) is 4.79 Å². The molecule has 23 heavy (non-hydrogen) atoms. The normalized spacial score (nSPS) is 34.0. The number of rotatable bonds is 4. The van der Waals surface area contributed by atoms with E-state index >= 15 is 0 Å². The van der Waals surface area contributed by atoms with E-state index in [0.717, 1.165) is 44.5 Å². The highest BCUT2D eigenvalue weighted by Crippen LogP contribution is 2.59. The fourth-order valence-electron chi connectivity index (χ4n) is 4.46. The van der Waals surface area contributed by atoms with Crippen molar-refractivity contribution in [2.45, 2.75) is 44.1 Å². The Hall–Kier alpha value is -1.55. The molecule has 1 amide bonds. The number of benzene rings is 1. The van der Waals surface area contributed by atoms with Crippen LogP contribution in [0.25, 0.3) is 0 Å². The van der Waals surface area contributed by atoms with E-state index in [0.29, 0.717) is 5.41 Å². The van der Waals surface area contributed by atoms with Crippen LogP contribution in [0.3, 0.4) is 0 Å². The third kappa shape index (κ3) is 2.44. The van der Waals surface area contributed by atoms with Gasteiger partial charge in [-0.3, -0.25) is 4.79 Å². The Morgan fingerprint density at radius 3 is 2.74 bits per heavy atom. The van der Waals surface area contributed by atoms with Gasteiger partial charge in [-0.1, -0.05) is 25.1 Å². The smallest absolute Gasteiger partial charge is 0.223 e. The summed E-state index contributed by atoms with van der Waals surface area (Å²) in [6.07, 6.45) is 4.39. The molecule has 3 atom stereocenters. The second kappa shape index (κ2) is 5.23. The molecule has 0 aromatic heterocycles. The van der Waals surface area contributed by atoms with Crippen LogP contribution in [0.4, 0.5) is 0 Å². The van der Waals surface area contributed by atoms with Gasteiger partial charge in [0.2, 0.25) is 5.91 Å². The Kier molecular flexibility index (Phi) is 3.41. The summed E-state index contributed by atoms with van der Waals surface area (Å²) in [6.45, 7) is 4.35. The molecule has 1 spiro atoms. The summed E-state index contributed by atoms with van der Waals surface area (Å²) >= 11 is 0. The highest BCUT2D eigenvalue weighted by atomic mass is 16.5. The predicted octanol–water partition coefficient (Wildman–Crippen LogP) is 2.23. The zero-order chi connectivity index (χ0) is 16.1. The Morgan fingerprint density at radius 1 is 1.26 bits per heavy atom. The molecule has 3 fully saturated rings. The fraction of sp³-hybridized carbons (Fsp3) is 0.632. The number of ether oxygens (including phenoxy) is 1. The van der Waals surface area contributed by atoms with Gasteiger partial charge in [0.15, 0.2) is 0 Å². The van der Waals surface area contributed by atoms with Crippen LogP contribution in [-0.2, 0) is 10.2 Å². The average molecular weight is 314 g/mol. The van der Waals surface area contributed by atoms with Crippen LogP contribution >= 0.6 is 0 Å². The molecule has 4 nitrogen and oxygen atoms in total. The number of carbonyl (C=O) groups excluding carboxylic acids is 1. The minimum atomic E-state index is 0.0123. The van der Waals surface area contributed by atoms with Gasteiger partial charge in [-0.25, -0.2) is 0 Å². The van der Waals surface area contributed by atoms with Gasteiger partial charge in [0.25, 0.3) is 0 Å². The minimum absolute atomic E-state index is 0.0123. The molecule has 2 aliphatic carbocycles. The fourth-order valence-corrected chi connectivity index (χ4v) is 4.46. The minimum Gasteiger partial charge on any atom is -0.496 e. The molecular formula is C19H26N2O2. The Bertz CT molecular complexity index is 624. The molecule has 2 saturated carbocycles. The summed E-state index contributed by atoms with van der Waals surface area (Å²) < 4.78 is 5.50. The molecule has 1 aliphatic heterocycles. The number of piperidine rings is 1. The second-order valence-corrected chi connectivity index (χ2v) is 7.75. The van der Waals surface area contributed by atoms with Gasteiger partial charge in [-0.2, -0.15) is 0 Å². The predicted molar refractivity (Wildman–Crippen MR) is 89.5 cm³/mol. The first-order valence-corrected chi connectivity index (χ1v) is 8.74. The van der Waals surface area contributed by atoms with E-state index in [1.54, 1.807) is 7.11 Å². The molecular weight excluding hydrogens is 288 g/mol. The third-order valence-corrected chi connectivity index (χ3v) is 6.38. The van der Waals surface area contributed by atoms with Crippen molar-refractivity contribution >= 4 is 5.91 Å². The van der Waals surface area contributed by atoms with Crippen LogP contribution < -0.4 is 15.4 Å². The van der Waals surface area contributed by atoms with Crippen molar-refractivity contribution in [3.63, 3.8) is 0 Å². The standard InChI is InChI=1S/C19H26N2O2/c1-18(13-5-3-4-6-15(13)23-2)12-16(18)21-17(22)14-11-19(14)7-9-20-10-8-19/h3-6,14,16,20H,7-12H2,1-2H3,(H,21,22). The lowest BCUT2D eigenvalue weighted by Gasteiger charge is -2.23. The van der Waals surface area contributed by atoms with Crippen LogP contribution in [-0.4, -0.2) is 32.1 Å². The van der Waals surface area contributed by atoms with Crippen molar-refractivity contribution in [3.8, 4) is 5.75 Å². The summed E-state index contributed by atoms with van der Waals surface area (Å²) in [5.41, 5.74) is 1.53. The van der Waals surface area contributed by atoms with E-state index in [1.807, 2.05) is 18.2 Å². The van der Waals surface area contributed by atoms with E-state index in [1.165, 1.54) is 5.56 Å². The van der Waals surface area contributed by atoms with Crippen molar-refractivity contribution < 1.29 is 9.53 Å². The number of amides is 1. The maximum Gasteiger partial charge on any atom is 0.223 e. The quantitative estimate of drug-likeness (QED) is 0.896. The van der Waals surface area contributed by atoms with Crippen LogP contribution in [0.5, 0.6) is 5.75 Å². The molecule has 1 aromatic carbocycles. The van der Waals surface area contributed by atoms with E-state index < -0.39 is 0 Å². The lowest BCUT2D eigenvalue weighted by Crippen LogP contribution is -2.36. The number of hydrogen-bond acceptors (Lipinski definition) is 3. The molecule has 3 unspecified atom stereocenters. The van der Waals surface area contributed by atoms with E-state index in [2.05, 4.69) is 23.6 Å². The molecule has 0 radical (unpaired) electrons. The summed E-state index contributed by atoms with van der Waals surface area (Å²) in [6, 6.07) is 8.41. The summed E-state index contributed by atoms with van der Waals surface area (Å²) in [5.74, 6) is 1.44. The Labute approximate surface area is 138 Å². The summed E-state index contributed by atoms with van der Waals surface area (Å²) in [4.78, 5) is 12.6. The molecule has 3 aliphatic rings. The van der Waals surface area contributed by atoms with Crippen LogP contribution in [0.1, 0.15) is 38.2 Å². The number of methoxy groups -OCH3 is 1. The molecule has 124 valence electrons. The second-order valence-electron chi connectivity index (χ2n) is 7.75. The Morgan fingerprint density at radius 2 is 2.00 bits per heavy atom. The van der Waals surface area contributed by atoms with Gasteiger partial charge < -0.3 is 15.4 Å². The number of nitrogens with one attached hydrogen (secondary N) is 2. The first-order chi connectivity index (χ1) is 11.1. The summed E-state index contributed by atoms with van der Waals surface area (Å²) in [5, 5.41) is 6.71. The third-order valence-electron chi connectivity index (χ3n) is 6.38. The molecule has 4 rings (SSSR count). The zero-order valence-electron chi connectivity index (χ0n) is 14.0. The molecule has 1 aromatic rings. The zero-order valence-corrected chi connectivity index (χ0v) is 14.0. The van der Waals surface area contributed by atoms with Crippen molar-refractivity contribution in [3.05, 3.63) is 29.8 Å². The van der Waals surface area contributed by atoms with E-state index in [-0.39, 0.29) is 23.3 Å². The summed E-state index contributed by atoms with van der Waals surface area (Å²) in [7, 11) is 1.71. The van der Waals surface area contributed by atoms with Gasteiger partial charge in [0.1, 0.15) is 5.75 Å². The lowest BCUT2D eigenvalue weighted by molar-refractivity contribution is -0.123. The SMILES string of the molecule is COc1ccccc1C1(C)CC1NC(=O)C1CC12CCNCC2. The monoisotopic (exact) mass is 314 g/mol. The topological polar surface area (TPSA) is 50.4 Å². The lowest BCUT2D eigenvalue weighted by atomic mass is 9.91. The number of para-hydroxylation sites is 1. The molecule has 1 saturated heterocycles. The van der Waals surface area contributed by atoms with Gasteiger partial charge >= 0.3 is 0 Å². The number of carbonyl (C=O) groups is 1. The van der Waals surface area contributed by atoms with Crippen molar-refractivity contribution in [2.24, 2.45) is 11.3 Å². The van der Waals surface area contributed by atoms with Crippen molar-refractivity contribution in [2.75, 3.05) is 20.2 Å². The van der Waals surface area contributed by atoms with Crippen molar-refractivity contribution in [1.29, 1.82) is 0 Å². The van der Waals surface area contributed by atoms with Gasteiger partial charge in [0, 0.05) is 22.9 Å². The maximum absolute atomic E-state index is 12.6. The molecule has 2 N–H and O–H groups in total. The van der Waals surface area contributed by atoms with Crippen LogP contribution in [0.15, 0.2) is 24.3 Å². The maximum atomic E-state index is 12.6. The first-order valence-electron chi connectivity index (χ1n) is 8.74. The van der Waals surface area contributed by atoms with Crippen LogP contribution in [0, 0.1) is 11.3 Å². The molecule has 4 heteroatoms. The number of hydrogen-bond donors (Lipinski definition) is 2. The Balaban J connectivity index is 1.41. The first kappa shape index (κ1) is 15.0. The van der Waals surface area contributed by atoms with Gasteiger partial charge in [-0.05, 0) is 50.3 Å². The van der Waals surface area contributed by atoms with E-state index in [4.69, 9.17) is 4.74 Å². The molecule has 1 heterocycles. The van der Waals surface area contributed by atoms with Crippen LogP contribution in [0.2, 0.25) is 0 Å². The average Bonchev–Trinajstić information content (AvgIpc) is 3.45. The largest absolute Gasteiger partial charge is 0.496 e. The highest BCUT2D eigenvalue weighted by Gasteiger charge is 2.60. The van der Waals surface area contributed by atoms with Gasteiger partial charge in [-0.15, -0.1) is 0 Å².